The molecule has 1 unspecified atom stereocenters. The SMILES string of the molecule is O=C(O)CC1CN(CC2CCCC2)CCO1. The van der Waals surface area contributed by atoms with Gasteiger partial charge in [-0.1, -0.05) is 12.8 Å². The fourth-order valence-corrected chi connectivity index (χ4v) is 2.82. The summed E-state index contributed by atoms with van der Waals surface area (Å²) >= 11 is 0. The van der Waals surface area contributed by atoms with E-state index in [9.17, 15) is 4.79 Å². The number of morpholine rings is 1. The number of hydrogen-bond donors (Lipinski definition) is 1. The fourth-order valence-electron chi connectivity index (χ4n) is 2.82. The minimum absolute atomic E-state index is 0.104. The van der Waals surface area contributed by atoms with Crippen LogP contribution in [0.5, 0.6) is 0 Å². The highest BCUT2D eigenvalue weighted by atomic mass is 16.5. The molecule has 92 valence electrons. The van der Waals surface area contributed by atoms with E-state index in [1.807, 2.05) is 0 Å². The van der Waals surface area contributed by atoms with Crippen molar-refractivity contribution in [3.8, 4) is 0 Å². The van der Waals surface area contributed by atoms with Crippen molar-refractivity contribution >= 4 is 5.97 Å². The van der Waals surface area contributed by atoms with Crippen LogP contribution in [-0.2, 0) is 9.53 Å². The van der Waals surface area contributed by atoms with Crippen molar-refractivity contribution in [3.63, 3.8) is 0 Å². The zero-order valence-electron chi connectivity index (χ0n) is 9.73. The summed E-state index contributed by atoms with van der Waals surface area (Å²) in [5.41, 5.74) is 0. The van der Waals surface area contributed by atoms with E-state index < -0.39 is 5.97 Å². The second-order valence-corrected chi connectivity index (χ2v) is 5.00. The summed E-state index contributed by atoms with van der Waals surface area (Å²) in [6.45, 7) is 3.58. The molecule has 16 heavy (non-hydrogen) atoms. The van der Waals surface area contributed by atoms with Crippen LogP contribution in [-0.4, -0.2) is 48.3 Å². The van der Waals surface area contributed by atoms with Gasteiger partial charge in [-0.25, -0.2) is 0 Å². The van der Waals surface area contributed by atoms with Crippen LogP contribution >= 0.6 is 0 Å². The number of carboxylic acids is 1. The van der Waals surface area contributed by atoms with Crippen LogP contribution in [0.15, 0.2) is 0 Å². The van der Waals surface area contributed by atoms with E-state index in [1.54, 1.807) is 0 Å². The van der Waals surface area contributed by atoms with Crippen molar-refractivity contribution in [2.75, 3.05) is 26.2 Å². The Kier molecular flexibility index (Phi) is 4.18. The molecule has 0 aromatic rings. The van der Waals surface area contributed by atoms with Crippen LogP contribution in [0.3, 0.4) is 0 Å². The molecular weight excluding hydrogens is 206 g/mol. The third kappa shape index (κ3) is 3.46. The molecule has 0 amide bonds. The first-order valence-corrected chi connectivity index (χ1v) is 6.30. The monoisotopic (exact) mass is 227 g/mol. The highest BCUT2D eigenvalue weighted by Crippen LogP contribution is 2.26. The lowest BCUT2D eigenvalue weighted by Crippen LogP contribution is -2.44. The van der Waals surface area contributed by atoms with Crippen LogP contribution in [0, 0.1) is 5.92 Å². The highest BCUT2D eigenvalue weighted by molar-refractivity contribution is 5.67. The first-order valence-electron chi connectivity index (χ1n) is 6.30. The summed E-state index contributed by atoms with van der Waals surface area (Å²) in [7, 11) is 0. The second kappa shape index (κ2) is 5.64. The predicted molar refractivity (Wildman–Crippen MR) is 60.4 cm³/mol. The first kappa shape index (κ1) is 11.9. The Morgan fingerprint density at radius 2 is 2.12 bits per heavy atom. The smallest absolute Gasteiger partial charge is 0.306 e. The largest absolute Gasteiger partial charge is 0.481 e. The fraction of sp³-hybridized carbons (Fsp3) is 0.917. The van der Waals surface area contributed by atoms with Gasteiger partial charge in [0.1, 0.15) is 0 Å². The van der Waals surface area contributed by atoms with Gasteiger partial charge >= 0.3 is 5.97 Å². The molecule has 0 aromatic carbocycles. The van der Waals surface area contributed by atoms with E-state index in [-0.39, 0.29) is 12.5 Å². The summed E-state index contributed by atoms with van der Waals surface area (Å²) in [6, 6.07) is 0. The standard InChI is InChI=1S/C12H21NO3/c14-12(15)7-11-9-13(5-6-16-11)8-10-3-1-2-4-10/h10-11H,1-9H2,(H,14,15). The van der Waals surface area contributed by atoms with E-state index in [0.717, 1.165) is 25.6 Å². The number of ether oxygens (including phenoxy) is 1. The summed E-state index contributed by atoms with van der Waals surface area (Å²) in [4.78, 5) is 13.0. The average Bonchev–Trinajstić information content (AvgIpc) is 2.70. The molecule has 1 saturated heterocycles. The van der Waals surface area contributed by atoms with E-state index >= 15 is 0 Å². The second-order valence-electron chi connectivity index (χ2n) is 5.00. The molecule has 1 aliphatic carbocycles. The van der Waals surface area contributed by atoms with E-state index in [4.69, 9.17) is 9.84 Å². The van der Waals surface area contributed by atoms with Gasteiger partial charge in [0.2, 0.25) is 0 Å². The average molecular weight is 227 g/mol. The van der Waals surface area contributed by atoms with Crippen molar-refractivity contribution in [1.82, 2.24) is 4.90 Å². The number of aliphatic carboxylic acids is 1. The maximum atomic E-state index is 10.6. The number of carbonyl (C=O) groups is 1. The van der Waals surface area contributed by atoms with Crippen molar-refractivity contribution in [2.45, 2.75) is 38.2 Å². The number of carboxylic acid groups (broad SMARTS) is 1. The zero-order valence-corrected chi connectivity index (χ0v) is 9.73. The van der Waals surface area contributed by atoms with E-state index in [2.05, 4.69) is 4.90 Å². The lowest BCUT2D eigenvalue weighted by Gasteiger charge is -2.33. The quantitative estimate of drug-likeness (QED) is 0.787. The Hall–Kier alpha value is -0.610. The molecule has 4 heteroatoms. The highest BCUT2D eigenvalue weighted by Gasteiger charge is 2.25. The normalized spacial score (nSPS) is 28.4. The Morgan fingerprint density at radius 3 is 2.81 bits per heavy atom. The van der Waals surface area contributed by atoms with E-state index in [0.29, 0.717) is 6.61 Å². The molecule has 2 rings (SSSR count). The van der Waals surface area contributed by atoms with Gasteiger partial charge in [-0.2, -0.15) is 0 Å². The minimum Gasteiger partial charge on any atom is -0.481 e. The van der Waals surface area contributed by atoms with Crippen molar-refractivity contribution in [2.24, 2.45) is 5.92 Å². The molecule has 1 atom stereocenters. The summed E-state index contributed by atoms with van der Waals surface area (Å²) in [5, 5.41) is 8.74. The Balaban J connectivity index is 1.74. The molecule has 1 saturated carbocycles. The van der Waals surface area contributed by atoms with Gasteiger partial charge < -0.3 is 9.84 Å². The molecular formula is C12H21NO3. The molecule has 4 nitrogen and oxygen atoms in total. The van der Waals surface area contributed by atoms with Crippen LogP contribution in [0.25, 0.3) is 0 Å². The summed E-state index contributed by atoms with van der Waals surface area (Å²) < 4.78 is 5.46. The first-order chi connectivity index (χ1) is 7.74. The lowest BCUT2D eigenvalue weighted by molar-refractivity contribution is -0.142. The Bertz CT molecular complexity index is 238. The van der Waals surface area contributed by atoms with Gasteiger partial charge in [0, 0.05) is 19.6 Å². The topological polar surface area (TPSA) is 49.8 Å². The van der Waals surface area contributed by atoms with Gasteiger partial charge in [-0.15, -0.1) is 0 Å². The van der Waals surface area contributed by atoms with Gasteiger partial charge in [0.05, 0.1) is 19.1 Å². The molecule has 1 N–H and O–H groups in total. The third-order valence-corrected chi connectivity index (χ3v) is 3.62. The molecule has 0 bridgehead atoms. The Labute approximate surface area is 96.6 Å². The number of rotatable bonds is 4. The molecule has 2 aliphatic rings. The van der Waals surface area contributed by atoms with Gasteiger partial charge in [-0.05, 0) is 18.8 Å². The summed E-state index contributed by atoms with van der Waals surface area (Å²) in [6.07, 6.45) is 5.47. The predicted octanol–water partition coefficient (Wildman–Crippen LogP) is 1.35. The van der Waals surface area contributed by atoms with Gasteiger partial charge in [0.25, 0.3) is 0 Å². The van der Waals surface area contributed by atoms with Crippen LogP contribution in [0.4, 0.5) is 0 Å². The number of hydrogen-bond acceptors (Lipinski definition) is 3. The van der Waals surface area contributed by atoms with Crippen LogP contribution in [0.1, 0.15) is 32.1 Å². The molecule has 1 heterocycles. The van der Waals surface area contributed by atoms with Gasteiger partial charge in [0.15, 0.2) is 0 Å². The molecule has 2 fully saturated rings. The maximum Gasteiger partial charge on any atom is 0.306 e. The number of nitrogens with zero attached hydrogens (tertiary/aromatic N) is 1. The van der Waals surface area contributed by atoms with E-state index in [1.165, 1.54) is 25.7 Å². The third-order valence-electron chi connectivity index (χ3n) is 3.62. The van der Waals surface area contributed by atoms with Crippen LogP contribution < -0.4 is 0 Å². The van der Waals surface area contributed by atoms with Crippen molar-refractivity contribution in [1.29, 1.82) is 0 Å². The molecule has 0 spiro atoms. The summed E-state index contributed by atoms with van der Waals surface area (Å²) in [5.74, 6) is 0.0799. The Morgan fingerprint density at radius 1 is 1.38 bits per heavy atom. The van der Waals surface area contributed by atoms with Gasteiger partial charge in [-0.3, -0.25) is 9.69 Å². The molecule has 0 radical (unpaired) electrons. The maximum absolute atomic E-state index is 10.6. The van der Waals surface area contributed by atoms with Crippen molar-refractivity contribution < 1.29 is 14.6 Å². The molecule has 1 aliphatic heterocycles. The molecule has 0 aromatic heterocycles. The lowest BCUT2D eigenvalue weighted by atomic mass is 10.1. The minimum atomic E-state index is -0.757. The van der Waals surface area contributed by atoms with Crippen molar-refractivity contribution in [3.05, 3.63) is 0 Å². The zero-order chi connectivity index (χ0) is 11.4. The van der Waals surface area contributed by atoms with Crippen LogP contribution in [0.2, 0.25) is 0 Å².